The first-order valence-corrected chi connectivity index (χ1v) is 9.84. The molecule has 2 aromatic rings. The Kier molecular flexibility index (Phi) is 6.64. The van der Waals surface area contributed by atoms with Crippen molar-refractivity contribution in [3.8, 4) is 5.75 Å². The van der Waals surface area contributed by atoms with Crippen LogP contribution in [0.25, 0.3) is 0 Å². The SMILES string of the molecule is CCCC/C(O)=C1\C(=O)CC(c2ccccc2)CC1=Nc1ccc(OC)cc1. The number of benzene rings is 2. The molecule has 0 spiro atoms. The monoisotopic (exact) mass is 377 g/mol. The quantitative estimate of drug-likeness (QED) is 0.502. The molecule has 0 saturated heterocycles. The van der Waals surface area contributed by atoms with Gasteiger partial charge >= 0.3 is 0 Å². The second-order valence-electron chi connectivity index (χ2n) is 7.12. The van der Waals surface area contributed by atoms with Crippen molar-refractivity contribution in [1.82, 2.24) is 0 Å². The van der Waals surface area contributed by atoms with Gasteiger partial charge in [-0.1, -0.05) is 43.7 Å². The topological polar surface area (TPSA) is 58.9 Å². The number of methoxy groups -OCH3 is 1. The lowest BCUT2D eigenvalue weighted by Gasteiger charge is -2.26. The summed E-state index contributed by atoms with van der Waals surface area (Å²) in [6, 6.07) is 17.5. The average Bonchev–Trinajstić information content (AvgIpc) is 2.73. The van der Waals surface area contributed by atoms with E-state index in [9.17, 15) is 9.90 Å². The summed E-state index contributed by atoms with van der Waals surface area (Å²) in [5, 5.41) is 10.6. The third kappa shape index (κ3) is 4.69. The van der Waals surface area contributed by atoms with Gasteiger partial charge in [0.05, 0.1) is 24.1 Å². The number of allylic oxidation sites excluding steroid dienone is 2. The average molecular weight is 377 g/mol. The molecule has 0 amide bonds. The molecule has 1 unspecified atom stereocenters. The van der Waals surface area contributed by atoms with E-state index < -0.39 is 0 Å². The highest BCUT2D eigenvalue weighted by atomic mass is 16.5. The number of hydrogen-bond donors (Lipinski definition) is 1. The van der Waals surface area contributed by atoms with Gasteiger partial charge in [0, 0.05) is 12.8 Å². The molecule has 4 nitrogen and oxygen atoms in total. The molecule has 2 aromatic carbocycles. The summed E-state index contributed by atoms with van der Waals surface area (Å²) in [5.74, 6) is 0.979. The molecule has 1 aliphatic carbocycles. The number of carbonyl (C=O) groups is 1. The van der Waals surface area contributed by atoms with E-state index in [0.29, 0.717) is 30.5 Å². The summed E-state index contributed by atoms with van der Waals surface area (Å²) in [5.41, 5.74) is 2.96. The first-order chi connectivity index (χ1) is 13.6. The Morgan fingerprint density at radius 1 is 1.11 bits per heavy atom. The van der Waals surface area contributed by atoms with Gasteiger partial charge in [0.1, 0.15) is 11.5 Å². The fraction of sp³-hybridized carbons (Fsp3) is 0.333. The highest BCUT2D eigenvalue weighted by Gasteiger charge is 2.32. The summed E-state index contributed by atoms with van der Waals surface area (Å²) >= 11 is 0. The number of hydrogen-bond acceptors (Lipinski definition) is 4. The molecule has 0 bridgehead atoms. The number of aliphatic hydroxyl groups excluding tert-OH is 1. The van der Waals surface area contributed by atoms with Crippen molar-refractivity contribution in [3.63, 3.8) is 0 Å². The molecule has 1 N–H and O–H groups in total. The second kappa shape index (κ2) is 9.36. The van der Waals surface area contributed by atoms with Crippen molar-refractivity contribution in [2.75, 3.05) is 7.11 Å². The summed E-state index contributed by atoms with van der Waals surface area (Å²) in [6.45, 7) is 2.07. The van der Waals surface area contributed by atoms with E-state index in [2.05, 4.69) is 19.1 Å². The van der Waals surface area contributed by atoms with Gasteiger partial charge in [-0.05, 0) is 48.6 Å². The molecule has 28 heavy (non-hydrogen) atoms. The molecule has 0 radical (unpaired) electrons. The van der Waals surface area contributed by atoms with Crippen molar-refractivity contribution < 1.29 is 14.6 Å². The first-order valence-electron chi connectivity index (χ1n) is 9.84. The van der Waals surface area contributed by atoms with Crippen LogP contribution in [0.3, 0.4) is 0 Å². The number of carbonyl (C=O) groups excluding carboxylic acids is 1. The van der Waals surface area contributed by atoms with Gasteiger partial charge in [0.2, 0.25) is 0 Å². The van der Waals surface area contributed by atoms with Gasteiger partial charge in [-0.3, -0.25) is 9.79 Å². The molecule has 1 saturated carbocycles. The predicted octanol–water partition coefficient (Wildman–Crippen LogP) is 5.92. The lowest BCUT2D eigenvalue weighted by Crippen LogP contribution is -2.26. The zero-order chi connectivity index (χ0) is 19.9. The number of aliphatic imine (C=N–C) groups is 1. The minimum atomic E-state index is -0.0269. The summed E-state index contributed by atoms with van der Waals surface area (Å²) in [7, 11) is 1.62. The van der Waals surface area contributed by atoms with E-state index in [1.165, 1.54) is 0 Å². The predicted molar refractivity (Wildman–Crippen MR) is 113 cm³/mol. The number of aliphatic hydroxyl groups is 1. The molecule has 0 aliphatic heterocycles. The minimum absolute atomic E-state index is 0.0269. The molecule has 4 heteroatoms. The lowest BCUT2D eigenvalue weighted by molar-refractivity contribution is -0.115. The van der Waals surface area contributed by atoms with Crippen LogP contribution in [0.4, 0.5) is 5.69 Å². The normalized spacial score (nSPS) is 20.3. The summed E-state index contributed by atoms with van der Waals surface area (Å²) in [6.07, 6.45) is 3.35. The molecule has 1 aliphatic rings. The van der Waals surface area contributed by atoms with Crippen LogP contribution in [0.1, 0.15) is 50.5 Å². The number of ether oxygens (including phenoxy) is 1. The maximum atomic E-state index is 13.0. The maximum Gasteiger partial charge on any atom is 0.168 e. The van der Waals surface area contributed by atoms with Gasteiger partial charge < -0.3 is 9.84 Å². The third-order valence-corrected chi connectivity index (χ3v) is 5.10. The molecule has 3 rings (SSSR count). The van der Waals surface area contributed by atoms with Crippen LogP contribution >= 0.6 is 0 Å². The van der Waals surface area contributed by atoms with Crippen LogP contribution < -0.4 is 4.74 Å². The minimum Gasteiger partial charge on any atom is -0.511 e. The van der Waals surface area contributed by atoms with E-state index in [1.54, 1.807) is 7.11 Å². The van der Waals surface area contributed by atoms with Crippen LogP contribution in [0.2, 0.25) is 0 Å². The second-order valence-corrected chi connectivity index (χ2v) is 7.12. The van der Waals surface area contributed by atoms with Crippen molar-refractivity contribution in [2.24, 2.45) is 4.99 Å². The van der Waals surface area contributed by atoms with Crippen LogP contribution in [0.15, 0.2) is 70.9 Å². The van der Waals surface area contributed by atoms with Crippen molar-refractivity contribution in [2.45, 2.75) is 44.9 Å². The summed E-state index contributed by atoms with van der Waals surface area (Å²) < 4.78 is 5.20. The van der Waals surface area contributed by atoms with Crippen LogP contribution in [0.5, 0.6) is 5.75 Å². The van der Waals surface area contributed by atoms with Crippen molar-refractivity contribution in [1.29, 1.82) is 0 Å². The Bertz CT molecular complexity index is 866. The highest BCUT2D eigenvalue weighted by Crippen LogP contribution is 2.35. The molecular formula is C24H27NO3. The lowest BCUT2D eigenvalue weighted by atomic mass is 9.78. The van der Waals surface area contributed by atoms with Gasteiger partial charge in [-0.2, -0.15) is 0 Å². The Labute approximate surface area is 166 Å². The number of Topliss-reactive ketones (excluding diaryl/α,β-unsaturated/α-hetero) is 1. The standard InChI is InChI=1S/C24H27NO3/c1-3-4-10-22(26)24-21(25-19-11-13-20(28-2)14-12-19)15-18(16-23(24)27)17-8-6-5-7-9-17/h5-9,11-14,18,26H,3-4,10,15-16H2,1-2H3/b24-22+,25-21?. The Balaban J connectivity index is 1.99. The molecule has 146 valence electrons. The van der Waals surface area contributed by atoms with Crippen molar-refractivity contribution in [3.05, 3.63) is 71.5 Å². The van der Waals surface area contributed by atoms with E-state index in [-0.39, 0.29) is 17.5 Å². The zero-order valence-electron chi connectivity index (χ0n) is 16.5. The first kappa shape index (κ1) is 19.9. The van der Waals surface area contributed by atoms with Crippen molar-refractivity contribution >= 4 is 17.2 Å². The van der Waals surface area contributed by atoms with Gasteiger partial charge in [0.25, 0.3) is 0 Å². The Morgan fingerprint density at radius 2 is 1.82 bits per heavy atom. The summed E-state index contributed by atoms with van der Waals surface area (Å²) in [4.78, 5) is 17.7. The molecule has 1 atom stereocenters. The molecule has 1 fully saturated rings. The van der Waals surface area contributed by atoms with Crippen LogP contribution in [-0.2, 0) is 4.79 Å². The molecular weight excluding hydrogens is 350 g/mol. The molecule has 0 aromatic heterocycles. The van der Waals surface area contributed by atoms with E-state index in [4.69, 9.17) is 9.73 Å². The Morgan fingerprint density at radius 3 is 2.46 bits per heavy atom. The number of nitrogens with zero attached hydrogens (tertiary/aromatic N) is 1. The zero-order valence-corrected chi connectivity index (χ0v) is 16.5. The highest BCUT2D eigenvalue weighted by molar-refractivity contribution is 6.25. The fourth-order valence-electron chi connectivity index (χ4n) is 3.57. The van der Waals surface area contributed by atoms with E-state index in [1.807, 2.05) is 42.5 Å². The van der Waals surface area contributed by atoms with E-state index in [0.717, 1.165) is 29.8 Å². The third-order valence-electron chi connectivity index (χ3n) is 5.10. The molecule has 0 heterocycles. The smallest absolute Gasteiger partial charge is 0.168 e. The van der Waals surface area contributed by atoms with Gasteiger partial charge in [-0.15, -0.1) is 0 Å². The number of unbranched alkanes of at least 4 members (excludes halogenated alkanes) is 1. The van der Waals surface area contributed by atoms with Gasteiger partial charge in [0.15, 0.2) is 5.78 Å². The van der Waals surface area contributed by atoms with Gasteiger partial charge in [-0.25, -0.2) is 0 Å². The van der Waals surface area contributed by atoms with Crippen LogP contribution in [-0.4, -0.2) is 23.7 Å². The maximum absolute atomic E-state index is 13.0. The largest absolute Gasteiger partial charge is 0.511 e. The van der Waals surface area contributed by atoms with E-state index >= 15 is 0 Å². The number of ketones is 1. The Hall–Kier alpha value is -2.88. The van der Waals surface area contributed by atoms with Crippen LogP contribution in [0, 0.1) is 0 Å². The fourth-order valence-corrected chi connectivity index (χ4v) is 3.57. The number of rotatable bonds is 6.